The first-order valence-electron chi connectivity index (χ1n) is 7.77. The molecule has 1 aliphatic rings. The number of hydrogen-bond donors (Lipinski definition) is 1. The maximum atomic E-state index is 12.8. The molecule has 23 heavy (non-hydrogen) atoms. The average molecular weight is 309 g/mol. The van der Waals surface area contributed by atoms with Crippen LogP contribution in [0.1, 0.15) is 50.7 Å². The van der Waals surface area contributed by atoms with Crippen LogP contribution >= 0.6 is 0 Å². The monoisotopic (exact) mass is 309 g/mol. The van der Waals surface area contributed by atoms with Crippen molar-refractivity contribution in [1.29, 1.82) is 0 Å². The fourth-order valence-electron chi connectivity index (χ4n) is 3.07. The second-order valence-corrected chi connectivity index (χ2v) is 5.95. The van der Waals surface area contributed by atoms with Crippen LogP contribution in [0.5, 0.6) is 0 Å². The highest BCUT2D eigenvalue weighted by Crippen LogP contribution is 2.33. The second-order valence-electron chi connectivity index (χ2n) is 5.95. The predicted molar refractivity (Wildman–Crippen MR) is 87.6 cm³/mol. The summed E-state index contributed by atoms with van der Waals surface area (Å²) in [5.41, 5.74) is 3.09. The van der Waals surface area contributed by atoms with Gasteiger partial charge < -0.3 is 10.0 Å². The summed E-state index contributed by atoms with van der Waals surface area (Å²) in [6.45, 7) is 2.78. The molecule has 1 fully saturated rings. The third-order valence-electron chi connectivity index (χ3n) is 4.35. The van der Waals surface area contributed by atoms with Gasteiger partial charge in [-0.1, -0.05) is 29.8 Å². The van der Waals surface area contributed by atoms with Gasteiger partial charge >= 0.3 is 5.97 Å². The molecular formula is C19H19NO3. The lowest BCUT2D eigenvalue weighted by atomic mass is 10.0. The number of amides is 1. The molecule has 0 saturated carbocycles. The molecule has 0 bridgehead atoms. The Labute approximate surface area is 135 Å². The summed E-state index contributed by atoms with van der Waals surface area (Å²) >= 11 is 0. The lowest BCUT2D eigenvalue weighted by Crippen LogP contribution is -2.30. The van der Waals surface area contributed by atoms with Gasteiger partial charge in [-0.05, 0) is 49.6 Å². The van der Waals surface area contributed by atoms with E-state index < -0.39 is 5.97 Å². The van der Waals surface area contributed by atoms with Crippen LogP contribution in [0.15, 0.2) is 48.5 Å². The molecule has 2 aromatic carbocycles. The van der Waals surface area contributed by atoms with Crippen molar-refractivity contribution in [2.24, 2.45) is 0 Å². The van der Waals surface area contributed by atoms with Gasteiger partial charge in [0.2, 0.25) is 0 Å². The SMILES string of the molecule is Cc1ccc(C2CCCN2C(=O)c2ccc(C(=O)O)cc2)cc1. The number of likely N-dealkylation sites (tertiary alicyclic amines) is 1. The third kappa shape index (κ3) is 3.11. The molecule has 1 atom stereocenters. The second kappa shape index (κ2) is 6.24. The molecule has 0 aliphatic carbocycles. The molecule has 1 amide bonds. The van der Waals surface area contributed by atoms with Gasteiger partial charge in [0.25, 0.3) is 5.91 Å². The van der Waals surface area contributed by atoms with Crippen molar-refractivity contribution >= 4 is 11.9 Å². The standard InChI is InChI=1S/C19H19NO3/c1-13-4-6-14(7-5-13)17-3-2-12-20(17)18(21)15-8-10-16(11-9-15)19(22)23/h4-11,17H,2-3,12H2,1H3,(H,22,23). The van der Waals surface area contributed by atoms with Gasteiger partial charge in [-0.2, -0.15) is 0 Å². The summed E-state index contributed by atoms with van der Waals surface area (Å²) in [6, 6.07) is 14.5. The number of carbonyl (C=O) groups excluding carboxylic acids is 1. The van der Waals surface area contributed by atoms with Gasteiger partial charge in [0.05, 0.1) is 11.6 Å². The number of aryl methyl sites for hydroxylation is 1. The van der Waals surface area contributed by atoms with Gasteiger partial charge in [0, 0.05) is 12.1 Å². The maximum absolute atomic E-state index is 12.8. The molecule has 1 heterocycles. The summed E-state index contributed by atoms with van der Waals surface area (Å²) in [5.74, 6) is -1.02. The molecule has 1 saturated heterocycles. The molecular weight excluding hydrogens is 290 g/mol. The molecule has 4 nitrogen and oxygen atoms in total. The smallest absolute Gasteiger partial charge is 0.335 e. The van der Waals surface area contributed by atoms with E-state index in [2.05, 4.69) is 24.3 Å². The molecule has 4 heteroatoms. The molecule has 1 aliphatic heterocycles. The van der Waals surface area contributed by atoms with Crippen molar-refractivity contribution in [3.05, 3.63) is 70.8 Å². The summed E-state index contributed by atoms with van der Waals surface area (Å²) < 4.78 is 0. The number of aromatic carboxylic acids is 1. The summed E-state index contributed by atoms with van der Waals surface area (Å²) in [7, 11) is 0. The van der Waals surface area contributed by atoms with E-state index in [-0.39, 0.29) is 17.5 Å². The highest BCUT2D eigenvalue weighted by atomic mass is 16.4. The van der Waals surface area contributed by atoms with Gasteiger partial charge in [-0.25, -0.2) is 4.79 Å². The van der Waals surface area contributed by atoms with Gasteiger partial charge in [-0.3, -0.25) is 4.79 Å². The number of benzene rings is 2. The quantitative estimate of drug-likeness (QED) is 0.941. The van der Waals surface area contributed by atoms with Crippen molar-refractivity contribution in [2.75, 3.05) is 6.54 Å². The minimum Gasteiger partial charge on any atom is -0.478 e. The summed E-state index contributed by atoms with van der Waals surface area (Å²) in [6.07, 6.45) is 1.94. The van der Waals surface area contributed by atoms with Crippen LogP contribution < -0.4 is 0 Å². The topological polar surface area (TPSA) is 57.6 Å². The largest absolute Gasteiger partial charge is 0.478 e. The molecule has 1 N–H and O–H groups in total. The van der Waals surface area contributed by atoms with E-state index in [9.17, 15) is 9.59 Å². The first kappa shape index (κ1) is 15.3. The van der Waals surface area contributed by atoms with Crippen LogP contribution in [0.2, 0.25) is 0 Å². The number of rotatable bonds is 3. The molecule has 0 aromatic heterocycles. The van der Waals surface area contributed by atoms with E-state index in [4.69, 9.17) is 5.11 Å². The van der Waals surface area contributed by atoms with E-state index in [1.807, 2.05) is 11.8 Å². The predicted octanol–water partition coefficient (Wildman–Crippen LogP) is 3.67. The van der Waals surface area contributed by atoms with Crippen molar-refractivity contribution in [1.82, 2.24) is 4.90 Å². The Morgan fingerprint density at radius 2 is 1.61 bits per heavy atom. The minimum atomic E-state index is -0.984. The molecule has 1 unspecified atom stereocenters. The number of hydrogen-bond acceptors (Lipinski definition) is 2. The van der Waals surface area contributed by atoms with Crippen LogP contribution in [0.3, 0.4) is 0 Å². The van der Waals surface area contributed by atoms with E-state index in [1.165, 1.54) is 17.7 Å². The molecule has 0 spiro atoms. The molecule has 3 rings (SSSR count). The zero-order chi connectivity index (χ0) is 16.4. The first-order chi connectivity index (χ1) is 11.1. The Hall–Kier alpha value is -2.62. The highest BCUT2D eigenvalue weighted by Gasteiger charge is 2.30. The van der Waals surface area contributed by atoms with Gasteiger partial charge in [-0.15, -0.1) is 0 Å². The van der Waals surface area contributed by atoms with Crippen molar-refractivity contribution < 1.29 is 14.7 Å². The Morgan fingerprint density at radius 3 is 2.22 bits per heavy atom. The van der Waals surface area contributed by atoms with E-state index in [0.29, 0.717) is 5.56 Å². The van der Waals surface area contributed by atoms with Crippen LogP contribution in [0, 0.1) is 6.92 Å². The highest BCUT2D eigenvalue weighted by molar-refractivity contribution is 5.96. The van der Waals surface area contributed by atoms with Crippen LogP contribution in [-0.2, 0) is 0 Å². The fourth-order valence-corrected chi connectivity index (χ4v) is 3.07. The molecule has 2 aromatic rings. The van der Waals surface area contributed by atoms with Crippen LogP contribution in [0.4, 0.5) is 0 Å². The van der Waals surface area contributed by atoms with Crippen LogP contribution in [0.25, 0.3) is 0 Å². The zero-order valence-corrected chi connectivity index (χ0v) is 13.0. The van der Waals surface area contributed by atoms with E-state index in [0.717, 1.165) is 24.9 Å². The lowest BCUT2D eigenvalue weighted by molar-refractivity contribution is 0.0692. The number of carboxylic acids is 1. The Bertz CT molecular complexity index is 719. The number of nitrogens with zero attached hydrogens (tertiary/aromatic N) is 1. The Kier molecular flexibility index (Phi) is 4.15. The number of carbonyl (C=O) groups is 2. The van der Waals surface area contributed by atoms with E-state index >= 15 is 0 Å². The van der Waals surface area contributed by atoms with Crippen molar-refractivity contribution in [3.63, 3.8) is 0 Å². The van der Waals surface area contributed by atoms with E-state index in [1.54, 1.807) is 12.1 Å². The average Bonchev–Trinajstić information content (AvgIpc) is 3.04. The Morgan fingerprint density at radius 1 is 1.00 bits per heavy atom. The Balaban J connectivity index is 1.82. The van der Waals surface area contributed by atoms with Gasteiger partial charge in [0.1, 0.15) is 0 Å². The number of carboxylic acid groups (broad SMARTS) is 1. The van der Waals surface area contributed by atoms with Gasteiger partial charge in [0.15, 0.2) is 0 Å². The fraction of sp³-hybridized carbons (Fsp3) is 0.263. The molecule has 118 valence electrons. The van der Waals surface area contributed by atoms with Crippen molar-refractivity contribution in [3.8, 4) is 0 Å². The summed E-state index contributed by atoms with van der Waals surface area (Å²) in [4.78, 5) is 25.6. The lowest BCUT2D eigenvalue weighted by Gasteiger charge is -2.25. The molecule has 0 radical (unpaired) electrons. The zero-order valence-electron chi connectivity index (χ0n) is 13.0. The minimum absolute atomic E-state index is 0.0370. The third-order valence-corrected chi connectivity index (χ3v) is 4.35. The van der Waals surface area contributed by atoms with Crippen molar-refractivity contribution in [2.45, 2.75) is 25.8 Å². The maximum Gasteiger partial charge on any atom is 0.335 e. The summed E-state index contributed by atoms with van der Waals surface area (Å²) in [5, 5.41) is 8.94. The van der Waals surface area contributed by atoms with Crippen LogP contribution in [-0.4, -0.2) is 28.4 Å². The normalized spacial score (nSPS) is 17.3. The first-order valence-corrected chi connectivity index (χ1v) is 7.77.